The number of amidine groups is 1. The summed E-state index contributed by atoms with van der Waals surface area (Å²) in [6.07, 6.45) is 0. The molecule has 106 valence electrons. The second kappa shape index (κ2) is 4.41. The van der Waals surface area contributed by atoms with Crippen molar-refractivity contribution in [3.63, 3.8) is 0 Å². The Morgan fingerprint density at radius 1 is 1.14 bits per heavy atom. The van der Waals surface area contributed by atoms with Crippen LogP contribution in [0.15, 0.2) is 28.3 Å². The van der Waals surface area contributed by atoms with Crippen molar-refractivity contribution < 1.29 is 9.59 Å². The molecule has 3 heterocycles. The van der Waals surface area contributed by atoms with Gasteiger partial charge in [-0.3, -0.25) is 9.59 Å². The number of nitrogens with zero attached hydrogens (tertiary/aromatic N) is 5. The summed E-state index contributed by atoms with van der Waals surface area (Å²) >= 11 is 0. The Morgan fingerprint density at radius 2 is 1.76 bits per heavy atom. The molecular formula is C14H13N5O2. The molecule has 0 saturated carbocycles. The molecule has 7 heteroatoms. The number of aromatic nitrogens is 2. The predicted octanol–water partition coefficient (Wildman–Crippen LogP) is 0.970. The zero-order valence-electron chi connectivity index (χ0n) is 11.9. The molecule has 1 unspecified atom stereocenters. The van der Waals surface area contributed by atoms with Crippen LogP contribution in [0.3, 0.4) is 0 Å². The van der Waals surface area contributed by atoms with Gasteiger partial charge in [0.15, 0.2) is 17.5 Å². The SMILES string of the molecule is C=C1C(=O)C2C(=O)N(c3nc(C)cc(C)n3)N=C2N=C1C. The number of rotatable bonds is 1. The minimum atomic E-state index is -1.02. The molecule has 0 aliphatic carbocycles. The first-order valence-corrected chi connectivity index (χ1v) is 6.42. The summed E-state index contributed by atoms with van der Waals surface area (Å²) in [5.41, 5.74) is 2.16. The average molecular weight is 283 g/mol. The molecule has 1 aromatic rings. The van der Waals surface area contributed by atoms with Gasteiger partial charge in [-0.1, -0.05) is 6.58 Å². The van der Waals surface area contributed by atoms with Gasteiger partial charge in [0.25, 0.3) is 11.9 Å². The third-order valence-corrected chi connectivity index (χ3v) is 3.35. The van der Waals surface area contributed by atoms with Gasteiger partial charge >= 0.3 is 0 Å². The quantitative estimate of drug-likeness (QED) is 0.567. The van der Waals surface area contributed by atoms with E-state index in [0.717, 1.165) is 16.4 Å². The molecule has 2 aliphatic heterocycles. The number of aliphatic imine (C=N–C) groups is 1. The molecule has 0 aromatic carbocycles. The Labute approximate surface area is 121 Å². The number of hydrazone groups is 1. The summed E-state index contributed by atoms with van der Waals surface area (Å²) in [5.74, 6) is -1.54. The van der Waals surface area contributed by atoms with Crippen LogP contribution in [0.2, 0.25) is 0 Å². The van der Waals surface area contributed by atoms with Crippen molar-refractivity contribution >= 4 is 29.2 Å². The van der Waals surface area contributed by atoms with Crippen molar-refractivity contribution in [2.45, 2.75) is 20.8 Å². The van der Waals surface area contributed by atoms with Crippen molar-refractivity contribution in [1.29, 1.82) is 0 Å². The Bertz CT molecular complexity index is 742. The molecule has 0 N–H and O–H groups in total. The third-order valence-electron chi connectivity index (χ3n) is 3.35. The standard InChI is InChI=1S/C14H13N5O2/c1-6-5-7(2)16-14(15-6)19-13(21)10-11(20)8(3)9(4)17-12(10)18-19/h5,10H,3H2,1-2,4H3. The van der Waals surface area contributed by atoms with E-state index in [1.165, 1.54) is 0 Å². The number of aryl methyl sites for hydroxylation is 2. The van der Waals surface area contributed by atoms with E-state index < -0.39 is 11.8 Å². The van der Waals surface area contributed by atoms with E-state index in [2.05, 4.69) is 26.6 Å². The summed E-state index contributed by atoms with van der Waals surface area (Å²) in [6.45, 7) is 8.93. The zero-order valence-corrected chi connectivity index (χ0v) is 11.9. The van der Waals surface area contributed by atoms with Gasteiger partial charge in [0.2, 0.25) is 0 Å². The number of ketones is 1. The molecule has 1 amide bonds. The van der Waals surface area contributed by atoms with Crippen LogP contribution in [0.1, 0.15) is 18.3 Å². The lowest BCUT2D eigenvalue weighted by Gasteiger charge is -2.15. The van der Waals surface area contributed by atoms with Crippen LogP contribution in [0, 0.1) is 19.8 Å². The normalized spacial score (nSPS) is 21.4. The number of allylic oxidation sites excluding steroid dienone is 1. The van der Waals surface area contributed by atoms with Gasteiger partial charge in [-0.25, -0.2) is 15.0 Å². The second-order valence-electron chi connectivity index (χ2n) is 5.03. The van der Waals surface area contributed by atoms with Crippen LogP contribution in [-0.2, 0) is 9.59 Å². The molecule has 1 aromatic heterocycles. The maximum Gasteiger partial charge on any atom is 0.268 e. The van der Waals surface area contributed by atoms with Crippen LogP contribution in [0.4, 0.5) is 5.95 Å². The number of hydrogen-bond donors (Lipinski definition) is 0. The molecule has 0 radical (unpaired) electrons. The lowest BCUT2D eigenvalue weighted by molar-refractivity contribution is -0.126. The topological polar surface area (TPSA) is 87.9 Å². The Balaban J connectivity index is 2.07. The lowest BCUT2D eigenvalue weighted by Crippen LogP contribution is -2.37. The van der Waals surface area contributed by atoms with Crippen molar-refractivity contribution in [2.24, 2.45) is 16.0 Å². The molecule has 0 saturated heterocycles. The molecular weight excluding hydrogens is 270 g/mol. The van der Waals surface area contributed by atoms with Gasteiger partial charge < -0.3 is 0 Å². The van der Waals surface area contributed by atoms with E-state index in [-0.39, 0.29) is 23.1 Å². The maximum atomic E-state index is 12.4. The Morgan fingerprint density at radius 3 is 2.38 bits per heavy atom. The summed E-state index contributed by atoms with van der Waals surface area (Å²) < 4.78 is 0. The minimum Gasteiger partial charge on any atom is -0.293 e. The molecule has 0 spiro atoms. The number of amides is 1. The fraction of sp³-hybridized carbons (Fsp3) is 0.286. The molecule has 1 atom stereocenters. The van der Waals surface area contributed by atoms with Crippen molar-refractivity contribution in [1.82, 2.24) is 9.97 Å². The van der Waals surface area contributed by atoms with E-state index >= 15 is 0 Å². The van der Waals surface area contributed by atoms with E-state index in [9.17, 15) is 9.59 Å². The van der Waals surface area contributed by atoms with Crippen molar-refractivity contribution in [2.75, 3.05) is 5.01 Å². The highest BCUT2D eigenvalue weighted by atomic mass is 16.2. The van der Waals surface area contributed by atoms with E-state index in [4.69, 9.17) is 0 Å². The van der Waals surface area contributed by atoms with Crippen molar-refractivity contribution in [3.8, 4) is 0 Å². The zero-order chi connectivity index (χ0) is 15.3. The molecule has 2 aliphatic rings. The molecule has 21 heavy (non-hydrogen) atoms. The van der Waals surface area contributed by atoms with Crippen LogP contribution in [0.25, 0.3) is 0 Å². The van der Waals surface area contributed by atoms with Gasteiger partial charge in [0, 0.05) is 22.7 Å². The van der Waals surface area contributed by atoms with Crippen molar-refractivity contribution in [3.05, 3.63) is 29.6 Å². The summed E-state index contributed by atoms with van der Waals surface area (Å²) in [7, 11) is 0. The highest BCUT2D eigenvalue weighted by Crippen LogP contribution is 2.27. The highest BCUT2D eigenvalue weighted by molar-refractivity contribution is 6.41. The van der Waals surface area contributed by atoms with Gasteiger partial charge in [0.05, 0.1) is 0 Å². The van der Waals surface area contributed by atoms with Gasteiger partial charge in [0.1, 0.15) is 0 Å². The van der Waals surface area contributed by atoms with Gasteiger partial charge in [-0.2, -0.15) is 5.01 Å². The van der Waals surface area contributed by atoms with Crippen LogP contribution >= 0.6 is 0 Å². The Hall–Kier alpha value is -2.70. The number of fused-ring (bicyclic) bond motifs is 1. The summed E-state index contributed by atoms with van der Waals surface area (Å²) in [5, 5.41) is 5.15. The predicted molar refractivity (Wildman–Crippen MR) is 77.2 cm³/mol. The average Bonchev–Trinajstić information content (AvgIpc) is 2.72. The number of carbonyl (C=O) groups excluding carboxylic acids is 2. The van der Waals surface area contributed by atoms with Crippen LogP contribution in [-0.4, -0.2) is 33.2 Å². The van der Waals surface area contributed by atoms with Gasteiger partial charge in [-0.15, -0.1) is 5.10 Å². The minimum absolute atomic E-state index is 0.158. The molecule has 0 bridgehead atoms. The van der Waals surface area contributed by atoms with Crippen LogP contribution in [0.5, 0.6) is 0 Å². The first-order chi connectivity index (χ1) is 9.88. The molecule has 7 nitrogen and oxygen atoms in total. The lowest BCUT2D eigenvalue weighted by atomic mass is 9.92. The largest absolute Gasteiger partial charge is 0.293 e. The fourth-order valence-electron chi connectivity index (χ4n) is 2.30. The maximum absolute atomic E-state index is 12.4. The van der Waals surface area contributed by atoms with Crippen LogP contribution < -0.4 is 5.01 Å². The summed E-state index contributed by atoms with van der Waals surface area (Å²) in [6, 6.07) is 1.79. The van der Waals surface area contributed by atoms with E-state index in [0.29, 0.717) is 5.71 Å². The second-order valence-corrected chi connectivity index (χ2v) is 5.03. The highest BCUT2D eigenvalue weighted by Gasteiger charge is 2.46. The van der Waals surface area contributed by atoms with E-state index in [1.54, 1.807) is 26.8 Å². The number of hydrogen-bond acceptors (Lipinski definition) is 6. The first-order valence-electron chi connectivity index (χ1n) is 6.42. The number of Topliss-reactive ketones (excluding diaryl/α,β-unsaturated/α-hetero) is 1. The van der Waals surface area contributed by atoms with E-state index in [1.807, 2.05) is 0 Å². The molecule has 3 rings (SSSR count). The fourth-order valence-corrected chi connectivity index (χ4v) is 2.30. The Kier molecular flexibility index (Phi) is 2.79. The number of carbonyl (C=O) groups is 2. The summed E-state index contributed by atoms with van der Waals surface area (Å²) in [4.78, 5) is 37.2. The smallest absolute Gasteiger partial charge is 0.268 e. The third kappa shape index (κ3) is 1.97. The van der Waals surface area contributed by atoms with Gasteiger partial charge in [-0.05, 0) is 26.8 Å². The monoisotopic (exact) mass is 283 g/mol. The number of anilines is 1. The molecule has 0 fully saturated rings. The first kappa shape index (κ1) is 13.3.